The second-order valence-corrected chi connectivity index (χ2v) is 6.48. The predicted octanol–water partition coefficient (Wildman–Crippen LogP) is 5.12. The molecule has 0 fully saturated rings. The SMILES string of the molecule is Cc1cc(C)cc(Nc2ncnc(Nc3ccc(C)c(Cl)c3)c2N)c1. The van der Waals surface area contributed by atoms with Gasteiger partial charge in [0.2, 0.25) is 0 Å². The minimum Gasteiger partial charge on any atom is -0.393 e. The van der Waals surface area contributed by atoms with Crippen LogP contribution in [0.4, 0.5) is 28.7 Å². The number of nitrogens with two attached hydrogens (primary N) is 1. The molecule has 25 heavy (non-hydrogen) atoms. The molecule has 3 aromatic rings. The molecule has 0 bridgehead atoms. The van der Waals surface area contributed by atoms with Crippen LogP contribution in [0.3, 0.4) is 0 Å². The number of nitrogen functional groups attached to an aromatic ring is 1. The summed E-state index contributed by atoms with van der Waals surface area (Å²) in [5, 5.41) is 7.13. The number of rotatable bonds is 4. The lowest BCUT2D eigenvalue weighted by molar-refractivity contribution is 1.17. The van der Waals surface area contributed by atoms with Crippen molar-refractivity contribution in [2.75, 3.05) is 16.4 Å². The number of nitrogens with zero attached hydrogens (tertiary/aromatic N) is 2. The number of hydrogen-bond acceptors (Lipinski definition) is 5. The van der Waals surface area contributed by atoms with Gasteiger partial charge in [-0.3, -0.25) is 0 Å². The van der Waals surface area contributed by atoms with Crippen molar-refractivity contribution in [2.45, 2.75) is 20.8 Å². The Balaban J connectivity index is 1.87. The molecular formula is C19H20ClN5. The minimum absolute atomic E-state index is 0.443. The summed E-state index contributed by atoms with van der Waals surface area (Å²) >= 11 is 6.17. The Labute approximate surface area is 152 Å². The fraction of sp³-hybridized carbons (Fsp3) is 0.158. The van der Waals surface area contributed by atoms with E-state index in [1.807, 2.05) is 37.3 Å². The second kappa shape index (κ2) is 6.99. The summed E-state index contributed by atoms with van der Waals surface area (Å²) in [6.45, 7) is 6.06. The van der Waals surface area contributed by atoms with Crippen LogP contribution < -0.4 is 16.4 Å². The van der Waals surface area contributed by atoms with Crippen LogP contribution in [0.25, 0.3) is 0 Å². The van der Waals surface area contributed by atoms with Gasteiger partial charge in [0.05, 0.1) is 0 Å². The van der Waals surface area contributed by atoms with Crippen molar-refractivity contribution < 1.29 is 0 Å². The fourth-order valence-electron chi connectivity index (χ4n) is 2.59. The smallest absolute Gasteiger partial charge is 0.159 e. The molecule has 1 aromatic heterocycles. The summed E-state index contributed by atoms with van der Waals surface area (Å²) in [6, 6.07) is 11.9. The van der Waals surface area contributed by atoms with Crippen molar-refractivity contribution >= 4 is 40.3 Å². The minimum atomic E-state index is 0.443. The molecule has 0 aliphatic carbocycles. The highest BCUT2D eigenvalue weighted by Gasteiger charge is 2.10. The number of benzene rings is 2. The van der Waals surface area contributed by atoms with E-state index in [1.54, 1.807) is 0 Å². The number of hydrogen-bond donors (Lipinski definition) is 3. The van der Waals surface area contributed by atoms with Gasteiger partial charge in [-0.15, -0.1) is 0 Å². The normalized spacial score (nSPS) is 10.6. The van der Waals surface area contributed by atoms with Crippen LogP contribution in [0.5, 0.6) is 0 Å². The van der Waals surface area contributed by atoms with Gasteiger partial charge in [-0.2, -0.15) is 0 Å². The van der Waals surface area contributed by atoms with Gasteiger partial charge in [0.1, 0.15) is 12.0 Å². The van der Waals surface area contributed by atoms with Gasteiger partial charge < -0.3 is 16.4 Å². The zero-order valence-electron chi connectivity index (χ0n) is 14.4. The molecule has 128 valence electrons. The Morgan fingerprint density at radius 1 is 0.840 bits per heavy atom. The first kappa shape index (κ1) is 17.0. The summed E-state index contributed by atoms with van der Waals surface area (Å²) in [4.78, 5) is 8.49. The van der Waals surface area contributed by atoms with Gasteiger partial charge in [-0.25, -0.2) is 9.97 Å². The number of anilines is 5. The van der Waals surface area contributed by atoms with Crippen LogP contribution in [-0.4, -0.2) is 9.97 Å². The van der Waals surface area contributed by atoms with Gasteiger partial charge in [-0.1, -0.05) is 23.7 Å². The summed E-state index contributed by atoms with van der Waals surface area (Å²) in [7, 11) is 0. The monoisotopic (exact) mass is 353 g/mol. The van der Waals surface area contributed by atoms with Crippen LogP contribution in [0, 0.1) is 20.8 Å². The number of halogens is 1. The van der Waals surface area contributed by atoms with E-state index in [9.17, 15) is 0 Å². The van der Waals surface area contributed by atoms with Crippen molar-refractivity contribution in [1.29, 1.82) is 0 Å². The zero-order valence-corrected chi connectivity index (χ0v) is 15.1. The average molecular weight is 354 g/mol. The van der Waals surface area contributed by atoms with E-state index >= 15 is 0 Å². The molecule has 3 rings (SSSR count). The Hall–Kier alpha value is -2.79. The molecule has 0 radical (unpaired) electrons. The Morgan fingerprint density at radius 3 is 2.04 bits per heavy atom. The van der Waals surface area contributed by atoms with Gasteiger partial charge in [0, 0.05) is 16.4 Å². The van der Waals surface area contributed by atoms with Gasteiger partial charge in [0.15, 0.2) is 11.6 Å². The Morgan fingerprint density at radius 2 is 1.44 bits per heavy atom. The first-order valence-corrected chi connectivity index (χ1v) is 8.29. The maximum Gasteiger partial charge on any atom is 0.159 e. The molecule has 0 spiro atoms. The van der Waals surface area contributed by atoms with E-state index in [4.69, 9.17) is 17.3 Å². The second-order valence-electron chi connectivity index (χ2n) is 6.07. The maximum absolute atomic E-state index is 6.24. The lowest BCUT2D eigenvalue weighted by atomic mass is 10.1. The molecule has 0 amide bonds. The maximum atomic E-state index is 6.24. The molecule has 0 aliphatic heterocycles. The van der Waals surface area contributed by atoms with E-state index in [2.05, 4.69) is 40.5 Å². The largest absolute Gasteiger partial charge is 0.393 e. The van der Waals surface area contributed by atoms with E-state index < -0.39 is 0 Å². The van der Waals surface area contributed by atoms with Crippen molar-refractivity contribution in [3.63, 3.8) is 0 Å². The van der Waals surface area contributed by atoms with Crippen LogP contribution in [-0.2, 0) is 0 Å². The highest BCUT2D eigenvalue weighted by atomic mass is 35.5. The van der Waals surface area contributed by atoms with Crippen LogP contribution in [0.15, 0.2) is 42.7 Å². The topological polar surface area (TPSA) is 75.9 Å². The van der Waals surface area contributed by atoms with Gasteiger partial charge >= 0.3 is 0 Å². The first-order chi connectivity index (χ1) is 11.9. The van der Waals surface area contributed by atoms with E-state index in [0.717, 1.165) is 16.9 Å². The summed E-state index contributed by atoms with van der Waals surface area (Å²) < 4.78 is 0. The number of nitrogens with one attached hydrogen (secondary N) is 2. The van der Waals surface area contributed by atoms with E-state index in [1.165, 1.54) is 17.5 Å². The molecule has 0 saturated heterocycles. The number of aromatic nitrogens is 2. The quantitative estimate of drug-likeness (QED) is 0.606. The third-order valence-electron chi connectivity index (χ3n) is 3.80. The Bertz CT molecular complexity index is 903. The van der Waals surface area contributed by atoms with Gasteiger partial charge in [0.25, 0.3) is 0 Å². The molecule has 4 N–H and O–H groups in total. The van der Waals surface area contributed by atoms with Crippen LogP contribution in [0.2, 0.25) is 5.02 Å². The third-order valence-corrected chi connectivity index (χ3v) is 4.21. The van der Waals surface area contributed by atoms with Crippen LogP contribution >= 0.6 is 11.6 Å². The van der Waals surface area contributed by atoms with Gasteiger partial charge in [-0.05, 0) is 61.7 Å². The molecule has 0 unspecified atom stereocenters. The molecule has 1 heterocycles. The molecular weight excluding hydrogens is 334 g/mol. The fourth-order valence-corrected chi connectivity index (χ4v) is 2.77. The molecule has 0 aliphatic rings. The number of aryl methyl sites for hydroxylation is 3. The standard InChI is InChI=1S/C19H20ClN5/c1-11-6-12(2)8-15(7-11)25-19-17(21)18(22-10-23-19)24-14-5-4-13(3)16(20)9-14/h4-10H,21H2,1-3H3,(H2,22,23,24,25). The third kappa shape index (κ3) is 4.00. The highest BCUT2D eigenvalue weighted by Crippen LogP contribution is 2.30. The predicted molar refractivity (Wildman–Crippen MR) is 105 cm³/mol. The van der Waals surface area contributed by atoms with Crippen molar-refractivity contribution in [3.05, 3.63) is 64.4 Å². The van der Waals surface area contributed by atoms with Crippen molar-refractivity contribution in [1.82, 2.24) is 9.97 Å². The van der Waals surface area contributed by atoms with Crippen LogP contribution in [0.1, 0.15) is 16.7 Å². The van der Waals surface area contributed by atoms with Crippen molar-refractivity contribution in [2.24, 2.45) is 0 Å². The highest BCUT2D eigenvalue weighted by molar-refractivity contribution is 6.31. The average Bonchev–Trinajstić information content (AvgIpc) is 2.54. The molecule has 0 atom stereocenters. The lowest BCUT2D eigenvalue weighted by Crippen LogP contribution is -2.05. The molecule has 6 heteroatoms. The summed E-state index contributed by atoms with van der Waals surface area (Å²) in [5.41, 5.74) is 11.8. The van der Waals surface area contributed by atoms with E-state index in [0.29, 0.717) is 22.3 Å². The lowest BCUT2D eigenvalue weighted by Gasteiger charge is -2.14. The molecule has 5 nitrogen and oxygen atoms in total. The van der Waals surface area contributed by atoms with E-state index in [-0.39, 0.29) is 0 Å². The zero-order chi connectivity index (χ0) is 18.0. The summed E-state index contributed by atoms with van der Waals surface area (Å²) in [5.74, 6) is 1.09. The first-order valence-electron chi connectivity index (χ1n) is 7.91. The molecule has 2 aromatic carbocycles. The van der Waals surface area contributed by atoms with Crippen molar-refractivity contribution in [3.8, 4) is 0 Å². The Kier molecular flexibility index (Phi) is 4.76. The molecule has 0 saturated carbocycles. The summed E-state index contributed by atoms with van der Waals surface area (Å²) in [6.07, 6.45) is 1.47.